The Morgan fingerprint density at radius 2 is 1.93 bits per heavy atom. The van der Waals surface area contributed by atoms with E-state index in [1.54, 1.807) is 32.2 Å². The summed E-state index contributed by atoms with van der Waals surface area (Å²) < 4.78 is 15.9. The molecule has 0 bridgehead atoms. The Balaban J connectivity index is 2.19. The summed E-state index contributed by atoms with van der Waals surface area (Å²) in [5.41, 5.74) is 1.26. The Morgan fingerprint density at radius 1 is 1.20 bits per heavy atom. The van der Waals surface area contributed by atoms with Gasteiger partial charge in [-0.25, -0.2) is 0 Å². The SMILES string of the molecule is CCOc1cc(C=C(C#N)C(=O)NCc2ccc(OC)cc2)cc(Cl)c1OCC#N. The van der Waals surface area contributed by atoms with Gasteiger partial charge in [0.1, 0.15) is 23.5 Å². The van der Waals surface area contributed by atoms with E-state index in [0.29, 0.717) is 23.7 Å². The van der Waals surface area contributed by atoms with Gasteiger partial charge in [-0.15, -0.1) is 0 Å². The predicted molar refractivity (Wildman–Crippen MR) is 112 cm³/mol. The third-order valence-electron chi connectivity index (χ3n) is 3.90. The summed E-state index contributed by atoms with van der Waals surface area (Å²) in [7, 11) is 1.58. The predicted octanol–water partition coefficient (Wildman–Crippen LogP) is 3.87. The highest BCUT2D eigenvalue weighted by molar-refractivity contribution is 6.32. The van der Waals surface area contributed by atoms with Crippen LogP contribution in [0.2, 0.25) is 5.02 Å². The van der Waals surface area contributed by atoms with Crippen molar-refractivity contribution in [3.8, 4) is 29.4 Å². The number of nitriles is 2. The molecule has 0 radical (unpaired) electrons. The molecule has 2 aromatic carbocycles. The molecular weight excluding hydrogens is 406 g/mol. The molecule has 154 valence electrons. The summed E-state index contributed by atoms with van der Waals surface area (Å²) in [6.45, 7) is 2.21. The van der Waals surface area contributed by atoms with E-state index in [0.717, 1.165) is 5.56 Å². The first-order chi connectivity index (χ1) is 14.5. The van der Waals surface area contributed by atoms with Crippen molar-refractivity contribution in [1.82, 2.24) is 5.32 Å². The number of methoxy groups -OCH3 is 1. The average molecular weight is 426 g/mol. The summed E-state index contributed by atoms with van der Waals surface area (Å²) in [6, 6.07) is 14.1. The maximum atomic E-state index is 12.4. The molecule has 2 aromatic rings. The van der Waals surface area contributed by atoms with E-state index in [1.807, 2.05) is 24.3 Å². The van der Waals surface area contributed by atoms with Gasteiger partial charge >= 0.3 is 0 Å². The quantitative estimate of drug-likeness (QED) is 0.483. The van der Waals surface area contributed by atoms with Crippen LogP contribution in [0.5, 0.6) is 17.2 Å². The molecule has 30 heavy (non-hydrogen) atoms. The molecule has 8 heteroatoms. The highest BCUT2D eigenvalue weighted by Crippen LogP contribution is 2.37. The molecule has 0 atom stereocenters. The molecule has 0 fully saturated rings. The Morgan fingerprint density at radius 3 is 2.53 bits per heavy atom. The summed E-state index contributed by atoms with van der Waals surface area (Å²) in [4.78, 5) is 12.4. The maximum Gasteiger partial charge on any atom is 0.262 e. The minimum absolute atomic E-state index is 0.0901. The highest BCUT2D eigenvalue weighted by Gasteiger charge is 2.14. The Kier molecular flexibility index (Phi) is 8.56. The number of nitrogens with zero attached hydrogens (tertiary/aromatic N) is 2. The highest BCUT2D eigenvalue weighted by atomic mass is 35.5. The van der Waals surface area contributed by atoms with Gasteiger partial charge in [-0.3, -0.25) is 4.79 Å². The normalized spacial score (nSPS) is 10.5. The number of ether oxygens (including phenoxy) is 3. The fourth-order valence-electron chi connectivity index (χ4n) is 2.51. The fourth-order valence-corrected chi connectivity index (χ4v) is 2.79. The number of halogens is 1. The van der Waals surface area contributed by atoms with E-state index in [-0.39, 0.29) is 29.5 Å². The topological polar surface area (TPSA) is 104 Å². The molecule has 1 N–H and O–H groups in total. The smallest absolute Gasteiger partial charge is 0.262 e. The fraction of sp³-hybridized carbons (Fsp3) is 0.227. The second kappa shape index (κ2) is 11.4. The van der Waals surface area contributed by atoms with Gasteiger partial charge in [-0.1, -0.05) is 23.7 Å². The number of amides is 1. The van der Waals surface area contributed by atoms with E-state index in [9.17, 15) is 10.1 Å². The number of hydrogen-bond donors (Lipinski definition) is 1. The van der Waals surface area contributed by atoms with Crippen LogP contribution < -0.4 is 19.5 Å². The molecule has 0 aliphatic rings. The molecule has 0 aliphatic heterocycles. The lowest BCUT2D eigenvalue weighted by Crippen LogP contribution is -2.23. The first kappa shape index (κ1) is 22.6. The number of carbonyl (C=O) groups excluding carboxylic acids is 1. The largest absolute Gasteiger partial charge is 0.497 e. The van der Waals surface area contributed by atoms with Gasteiger partial charge in [0.2, 0.25) is 0 Å². The zero-order chi connectivity index (χ0) is 21.9. The standard InChI is InChI=1S/C22H20ClN3O4/c1-3-29-20-12-16(11-19(23)21(20)30-9-8-24)10-17(13-25)22(27)26-14-15-4-6-18(28-2)7-5-15/h4-7,10-12H,3,9,14H2,1-2H3,(H,26,27). The number of benzene rings is 2. The third-order valence-corrected chi connectivity index (χ3v) is 4.18. The van der Waals surface area contributed by atoms with Crippen LogP contribution in [0.25, 0.3) is 6.08 Å². The van der Waals surface area contributed by atoms with Crippen molar-refractivity contribution in [2.45, 2.75) is 13.5 Å². The van der Waals surface area contributed by atoms with Crippen LogP contribution in [0, 0.1) is 22.7 Å². The van der Waals surface area contributed by atoms with Gasteiger partial charge in [-0.2, -0.15) is 10.5 Å². The van der Waals surface area contributed by atoms with Gasteiger partial charge in [0.05, 0.1) is 18.7 Å². The summed E-state index contributed by atoms with van der Waals surface area (Å²) in [5.74, 6) is 0.751. The molecule has 2 rings (SSSR count). The molecule has 0 saturated carbocycles. The van der Waals surface area contributed by atoms with Gasteiger partial charge < -0.3 is 19.5 Å². The van der Waals surface area contributed by atoms with Crippen molar-refractivity contribution >= 4 is 23.6 Å². The van der Waals surface area contributed by atoms with E-state index in [1.165, 1.54) is 12.1 Å². The number of rotatable bonds is 9. The van der Waals surface area contributed by atoms with Gasteiger partial charge in [0, 0.05) is 6.54 Å². The minimum atomic E-state index is -0.521. The Bertz CT molecular complexity index is 1000. The van der Waals surface area contributed by atoms with Crippen molar-refractivity contribution in [2.24, 2.45) is 0 Å². The third kappa shape index (κ3) is 6.16. The van der Waals surface area contributed by atoms with Crippen molar-refractivity contribution in [3.63, 3.8) is 0 Å². The molecule has 0 spiro atoms. The molecule has 0 aromatic heterocycles. The lowest BCUT2D eigenvalue weighted by Gasteiger charge is -2.13. The molecule has 0 saturated heterocycles. The first-order valence-corrected chi connectivity index (χ1v) is 9.39. The average Bonchev–Trinajstić information content (AvgIpc) is 2.75. The molecular formula is C22H20ClN3O4. The maximum absolute atomic E-state index is 12.4. The monoisotopic (exact) mass is 425 g/mol. The zero-order valence-corrected chi connectivity index (χ0v) is 17.3. The van der Waals surface area contributed by atoms with Crippen LogP contribution in [0.1, 0.15) is 18.1 Å². The van der Waals surface area contributed by atoms with E-state index < -0.39 is 5.91 Å². The molecule has 0 heterocycles. The molecule has 0 unspecified atom stereocenters. The van der Waals surface area contributed by atoms with Crippen LogP contribution in [0.4, 0.5) is 0 Å². The lowest BCUT2D eigenvalue weighted by molar-refractivity contribution is -0.117. The summed E-state index contributed by atoms with van der Waals surface area (Å²) >= 11 is 6.24. The molecule has 1 amide bonds. The Labute approximate surface area is 180 Å². The summed E-state index contributed by atoms with van der Waals surface area (Å²) in [6.07, 6.45) is 1.41. The van der Waals surface area contributed by atoms with Crippen LogP contribution in [-0.2, 0) is 11.3 Å². The van der Waals surface area contributed by atoms with Crippen LogP contribution in [0.3, 0.4) is 0 Å². The van der Waals surface area contributed by atoms with Crippen molar-refractivity contribution in [2.75, 3.05) is 20.3 Å². The molecule has 0 aliphatic carbocycles. The van der Waals surface area contributed by atoms with Gasteiger partial charge in [0.25, 0.3) is 5.91 Å². The Hall–Kier alpha value is -3.68. The van der Waals surface area contributed by atoms with Crippen molar-refractivity contribution in [3.05, 3.63) is 58.1 Å². The second-order valence-electron chi connectivity index (χ2n) is 5.91. The van der Waals surface area contributed by atoms with E-state index in [2.05, 4.69) is 5.32 Å². The van der Waals surface area contributed by atoms with Gasteiger partial charge in [0.15, 0.2) is 18.1 Å². The minimum Gasteiger partial charge on any atom is -0.497 e. The van der Waals surface area contributed by atoms with Crippen LogP contribution >= 0.6 is 11.6 Å². The zero-order valence-electron chi connectivity index (χ0n) is 16.6. The second-order valence-corrected chi connectivity index (χ2v) is 6.32. The van der Waals surface area contributed by atoms with Crippen LogP contribution in [0.15, 0.2) is 42.0 Å². The molecule has 7 nitrogen and oxygen atoms in total. The van der Waals surface area contributed by atoms with Gasteiger partial charge in [-0.05, 0) is 48.4 Å². The number of carbonyl (C=O) groups is 1. The number of nitrogens with one attached hydrogen (secondary N) is 1. The summed E-state index contributed by atoms with van der Waals surface area (Å²) in [5, 5.41) is 21.0. The van der Waals surface area contributed by atoms with Crippen molar-refractivity contribution < 1.29 is 19.0 Å². The lowest BCUT2D eigenvalue weighted by atomic mass is 10.1. The van der Waals surface area contributed by atoms with Crippen LogP contribution in [-0.4, -0.2) is 26.2 Å². The number of hydrogen-bond acceptors (Lipinski definition) is 6. The first-order valence-electron chi connectivity index (χ1n) is 9.01. The van der Waals surface area contributed by atoms with E-state index >= 15 is 0 Å². The van der Waals surface area contributed by atoms with Crippen molar-refractivity contribution in [1.29, 1.82) is 10.5 Å². The van der Waals surface area contributed by atoms with E-state index in [4.69, 9.17) is 31.1 Å².